The highest BCUT2D eigenvalue weighted by Crippen LogP contribution is 2.18. The van der Waals surface area contributed by atoms with Gasteiger partial charge in [-0.25, -0.2) is 9.97 Å². The second kappa shape index (κ2) is 4.12. The Hall–Kier alpha value is -2.57. The molecule has 2 aromatic heterocycles. The van der Waals surface area contributed by atoms with Crippen molar-refractivity contribution < 1.29 is 0 Å². The standard InChI is InChI=1S/C10H9N7/c1-2-4-8-7(3-1)10(13-6-12-8)11-5-9-14-16-17-15-9/h1-4,6H,5H2,(H,11,12,13)(H,14,15,16,17). The van der Waals surface area contributed by atoms with Gasteiger partial charge in [-0.2, -0.15) is 5.21 Å². The Balaban J connectivity index is 1.90. The summed E-state index contributed by atoms with van der Waals surface area (Å²) < 4.78 is 0. The number of nitrogens with zero attached hydrogens (tertiary/aromatic N) is 5. The first-order chi connectivity index (χ1) is 8.43. The van der Waals surface area contributed by atoms with E-state index in [1.807, 2.05) is 24.3 Å². The lowest BCUT2D eigenvalue weighted by atomic mass is 10.2. The van der Waals surface area contributed by atoms with Gasteiger partial charge in [-0.15, -0.1) is 10.2 Å². The quantitative estimate of drug-likeness (QED) is 0.686. The molecule has 0 radical (unpaired) electrons. The molecule has 0 aliphatic rings. The van der Waals surface area contributed by atoms with Gasteiger partial charge in [0.25, 0.3) is 0 Å². The molecule has 0 saturated heterocycles. The number of rotatable bonds is 3. The van der Waals surface area contributed by atoms with Crippen molar-refractivity contribution in [3.05, 3.63) is 36.4 Å². The van der Waals surface area contributed by atoms with E-state index in [0.29, 0.717) is 12.4 Å². The van der Waals surface area contributed by atoms with Crippen LogP contribution in [0.15, 0.2) is 30.6 Å². The zero-order chi connectivity index (χ0) is 11.5. The lowest BCUT2D eigenvalue weighted by molar-refractivity contribution is 0.881. The molecule has 0 atom stereocenters. The van der Waals surface area contributed by atoms with Gasteiger partial charge in [-0.1, -0.05) is 17.3 Å². The summed E-state index contributed by atoms with van der Waals surface area (Å²) in [5.74, 6) is 1.35. The third kappa shape index (κ3) is 1.89. The SMILES string of the molecule is c1ccc2c(NCc3nn[nH]n3)ncnc2c1. The van der Waals surface area contributed by atoms with E-state index < -0.39 is 0 Å². The topological polar surface area (TPSA) is 92.3 Å². The molecule has 84 valence electrons. The number of anilines is 1. The summed E-state index contributed by atoms with van der Waals surface area (Å²) in [4.78, 5) is 8.38. The summed E-state index contributed by atoms with van der Waals surface area (Å²) in [5.41, 5.74) is 0.901. The maximum absolute atomic E-state index is 4.20. The van der Waals surface area contributed by atoms with E-state index in [0.717, 1.165) is 16.7 Å². The number of hydrogen-bond acceptors (Lipinski definition) is 6. The van der Waals surface area contributed by atoms with Gasteiger partial charge in [0.15, 0.2) is 5.82 Å². The van der Waals surface area contributed by atoms with E-state index >= 15 is 0 Å². The fourth-order valence-corrected chi connectivity index (χ4v) is 1.57. The third-order valence-corrected chi connectivity index (χ3v) is 2.35. The summed E-state index contributed by atoms with van der Waals surface area (Å²) in [7, 11) is 0. The Morgan fingerprint density at radius 1 is 1.18 bits per heavy atom. The zero-order valence-electron chi connectivity index (χ0n) is 8.83. The number of hydrogen-bond donors (Lipinski definition) is 2. The monoisotopic (exact) mass is 227 g/mol. The number of para-hydroxylation sites is 1. The van der Waals surface area contributed by atoms with Gasteiger partial charge in [0.1, 0.15) is 12.1 Å². The van der Waals surface area contributed by atoms with Crippen molar-refractivity contribution in [1.29, 1.82) is 0 Å². The lowest BCUT2D eigenvalue weighted by Gasteiger charge is -2.05. The summed E-state index contributed by atoms with van der Waals surface area (Å²) in [6.45, 7) is 0.470. The minimum atomic E-state index is 0.470. The highest BCUT2D eigenvalue weighted by molar-refractivity contribution is 5.88. The van der Waals surface area contributed by atoms with Crippen molar-refractivity contribution in [1.82, 2.24) is 30.6 Å². The lowest BCUT2D eigenvalue weighted by Crippen LogP contribution is -2.04. The molecule has 0 fully saturated rings. The maximum atomic E-state index is 4.20. The second-order valence-electron chi connectivity index (χ2n) is 3.42. The Bertz CT molecular complexity index is 614. The van der Waals surface area contributed by atoms with Crippen molar-refractivity contribution in [3.8, 4) is 0 Å². The molecule has 0 spiro atoms. The summed E-state index contributed by atoms with van der Waals surface area (Å²) >= 11 is 0. The number of tetrazole rings is 1. The maximum Gasteiger partial charge on any atom is 0.193 e. The van der Waals surface area contributed by atoms with Crippen LogP contribution in [-0.4, -0.2) is 30.6 Å². The number of aromatic amines is 1. The van der Waals surface area contributed by atoms with Crippen LogP contribution in [0, 0.1) is 0 Å². The average Bonchev–Trinajstić information content (AvgIpc) is 2.89. The molecule has 17 heavy (non-hydrogen) atoms. The van der Waals surface area contributed by atoms with Gasteiger partial charge in [-0.3, -0.25) is 0 Å². The van der Waals surface area contributed by atoms with Gasteiger partial charge < -0.3 is 5.32 Å². The van der Waals surface area contributed by atoms with Crippen LogP contribution in [0.2, 0.25) is 0 Å². The van der Waals surface area contributed by atoms with Gasteiger partial charge >= 0.3 is 0 Å². The first kappa shape index (κ1) is 9.64. The predicted molar refractivity (Wildman–Crippen MR) is 61.0 cm³/mol. The molecule has 0 bridgehead atoms. The highest BCUT2D eigenvalue weighted by Gasteiger charge is 2.03. The smallest absolute Gasteiger partial charge is 0.193 e. The number of benzene rings is 1. The fraction of sp³-hybridized carbons (Fsp3) is 0.100. The normalized spacial score (nSPS) is 10.6. The molecule has 0 unspecified atom stereocenters. The molecular weight excluding hydrogens is 218 g/mol. The van der Waals surface area contributed by atoms with Crippen LogP contribution in [0.3, 0.4) is 0 Å². The zero-order valence-corrected chi connectivity index (χ0v) is 8.83. The Morgan fingerprint density at radius 3 is 3.00 bits per heavy atom. The number of fused-ring (bicyclic) bond motifs is 1. The highest BCUT2D eigenvalue weighted by atomic mass is 15.5. The van der Waals surface area contributed by atoms with Crippen LogP contribution >= 0.6 is 0 Å². The average molecular weight is 227 g/mol. The Morgan fingerprint density at radius 2 is 2.12 bits per heavy atom. The molecule has 0 aliphatic carbocycles. The van der Waals surface area contributed by atoms with E-state index in [2.05, 4.69) is 35.9 Å². The third-order valence-electron chi connectivity index (χ3n) is 2.35. The summed E-state index contributed by atoms with van der Waals surface area (Å²) in [6, 6.07) is 7.80. The van der Waals surface area contributed by atoms with Crippen molar-refractivity contribution in [2.24, 2.45) is 0 Å². The number of nitrogens with one attached hydrogen (secondary N) is 2. The first-order valence-corrected chi connectivity index (χ1v) is 5.09. The Kier molecular flexibility index (Phi) is 2.34. The van der Waals surface area contributed by atoms with E-state index in [1.54, 1.807) is 0 Å². The number of H-pyrrole nitrogens is 1. The van der Waals surface area contributed by atoms with Crippen molar-refractivity contribution in [2.75, 3.05) is 5.32 Å². The van der Waals surface area contributed by atoms with E-state index in [-0.39, 0.29) is 0 Å². The molecule has 7 nitrogen and oxygen atoms in total. The van der Waals surface area contributed by atoms with E-state index in [9.17, 15) is 0 Å². The van der Waals surface area contributed by atoms with Crippen LogP contribution in [0.25, 0.3) is 10.9 Å². The fourth-order valence-electron chi connectivity index (χ4n) is 1.57. The predicted octanol–water partition coefficient (Wildman–Crippen LogP) is 0.755. The Labute approximate surface area is 96.3 Å². The first-order valence-electron chi connectivity index (χ1n) is 5.09. The van der Waals surface area contributed by atoms with Gasteiger partial charge in [0, 0.05) is 5.39 Å². The molecule has 0 amide bonds. The van der Waals surface area contributed by atoms with Crippen molar-refractivity contribution in [3.63, 3.8) is 0 Å². The largest absolute Gasteiger partial charge is 0.362 e. The molecule has 7 heteroatoms. The molecule has 0 aliphatic heterocycles. The van der Waals surface area contributed by atoms with Crippen LogP contribution in [0.5, 0.6) is 0 Å². The molecule has 1 aromatic carbocycles. The molecular formula is C10H9N7. The van der Waals surface area contributed by atoms with Gasteiger partial charge in [0.2, 0.25) is 0 Å². The van der Waals surface area contributed by atoms with Crippen molar-refractivity contribution >= 4 is 16.7 Å². The molecule has 2 N–H and O–H groups in total. The van der Waals surface area contributed by atoms with Gasteiger partial charge in [0.05, 0.1) is 12.1 Å². The minimum Gasteiger partial charge on any atom is -0.362 e. The van der Waals surface area contributed by atoms with Crippen LogP contribution in [0.1, 0.15) is 5.82 Å². The summed E-state index contributed by atoms with van der Waals surface area (Å²) in [5, 5.41) is 17.7. The second-order valence-corrected chi connectivity index (χ2v) is 3.42. The summed E-state index contributed by atoms with van der Waals surface area (Å²) in [6.07, 6.45) is 1.53. The van der Waals surface area contributed by atoms with E-state index in [4.69, 9.17) is 0 Å². The van der Waals surface area contributed by atoms with Crippen LogP contribution < -0.4 is 5.32 Å². The molecule has 0 saturated carbocycles. The van der Waals surface area contributed by atoms with Crippen molar-refractivity contribution in [2.45, 2.75) is 6.54 Å². The van der Waals surface area contributed by atoms with Crippen LogP contribution in [-0.2, 0) is 6.54 Å². The minimum absolute atomic E-state index is 0.470. The molecule has 2 heterocycles. The van der Waals surface area contributed by atoms with E-state index in [1.165, 1.54) is 6.33 Å². The molecule has 3 rings (SSSR count). The number of aromatic nitrogens is 6. The van der Waals surface area contributed by atoms with Crippen LogP contribution in [0.4, 0.5) is 5.82 Å². The van der Waals surface area contributed by atoms with Gasteiger partial charge in [-0.05, 0) is 12.1 Å². The molecule has 3 aromatic rings.